The molecule has 1 aromatic heterocycles. The Morgan fingerprint density at radius 3 is 2.93 bits per heavy atom. The molecule has 3 heterocycles. The molecule has 4 rings (SSSR count). The van der Waals surface area contributed by atoms with Crippen LogP contribution in [0.2, 0.25) is 5.02 Å². The molecule has 1 amide bonds. The zero-order valence-electron chi connectivity index (χ0n) is 15.3. The molecule has 2 atom stereocenters. The lowest BCUT2D eigenvalue weighted by molar-refractivity contribution is 0.0688. The molecular formula is C18H23ClN8O. The minimum Gasteiger partial charge on any atom is -0.345 e. The molecule has 5 N–H and O–H groups in total. The number of hydrogen-bond acceptors (Lipinski definition) is 8. The summed E-state index contributed by atoms with van der Waals surface area (Å²) in [5.74, 6) is 12.1. The molecule has 2 aromatic rings. The van der Waals surface area contributed by atoms with Gasteiger partial charge in [0.1, 0.15) is 0 Å². The zero-order valence-corrected chi connectivity index (χ0v) is 16.1. The SMILES string of the molecule is NN1CCCC[C@@H](N2c3c(Cl)cccc3NC2N(N)C(=O)c2ccnnc2)C1. The van der Waals surface area contributed by atoms with Crippen LogP contribution in [0.4, 0.5) is 11.4 Å². The number of nitrogens with two attached hydrogens (primary N) is 2. The molecule has 1 aromatic carbocycles. The number of hydrazine groups is 2. The average Bonchev–Trinajstić information content (AvgIpc) is 2.98. The van der Waals surface area contributed by atoms with Crippen LogP contribution in [0.15, 0.2) is 36.7 Å². The molecule has 2 aliphatic rings. The highest BCUT2D eigenvalue weighted by Crippen LogP contribution is 2.43. The normalized spacial score (nSPS) is 22.3. The van der Waals surface area contributed by atoms with Gasteiger partial charge in [-0.1, -0.05) is 24.1 Å². The van der Waals surface area contributed by atoms with Crippen LogP contribution in [-0.2, 0) is 0 Å². The van der Waals surface area contributed by atoms with Crippen molar-refractivity contribution in [2.75, 3.05) is 23.3 Å². The quantitative estimate of drug-likeness (QED) is 0.400. The van der Waals surface area contributed by atoms with E-state index in [2.05, 4.69) is 20.4 Å². The summed E-state index contributed by atoms with van der Waals surface area (Å²) < 4.78 is 0. The molecule has 1 saturated heterocycles. The van der Waals surface area contributed by atoms with E-state index >= 15 is 0 Å². The lowest BCUT2D eigenvalue weighted by Gasteiger charge is -2.39. The van der Waals surface area contributed by atoms with E-state index in [9.17, 15) is 4.79 Å². The van der Waals surface area contributed by atoms with E-state index in [1.54, 1.807) is 6.07 Å². The third-order valence-electron chi connectivity index (χ3n) is 5.19. The molecule has 0 saturated carbocycles. The zero-order chi connectivity index (χ0) is 19.7. The van der Waals surface area contributed by atoms with E-state index in [1.807, 2.05) is 23.2 Å². The molecule has 0 bridgehead atoms. The average molecular weight is 403 g/mol. The number of nitrogens with zero attached hydrogens (tertiary/aromatic N) is 5. The number of benzene rings is 1. The van der Waals surface area contributed by atoms with Gasteiger partial charge in [0, 0.05) is 19.1 Å². The van der Waals surface area contributed by atoms with Gasteiger partial charge in [0.15, 0.2) is 6.29 Å². The Labute approximate surface area is 168 Å². The van der Waals surface area contributed by atoms with Gasteiger partial charge in [0.05, 0.1) is 34.4 Å². The number of nitrogens with one attached hydrogen (secondary N) is 1. The summed E-state index contributed by atoms with van der Waals surface area (Å²) >= 11 is 6.54. The molecule has 28 heavy (non-hydrogen) atoms. The van der Waals surface area contributed by atoms with Crippen LogP contribution >= 0.6 is 11.6 Å². The second-order valence-corrected chi connectivity index (χ2v) is 7.46. The predicted molar refractivity (Wildman–Crippen MR) is 107 cm³/mol. The molecule has 2 aliphatic heterocycles. The molecule has 1 fully saturated rings. The van der Waals surface area contributed by atoms with Crippen LogP contribution in [0.3, 0.4) is 0 Å². The Hall–Kier alpha value is -2.46. The second kappa shape index (κ2) is 7.88. The summed E-state index contributed by atoms with van der Waals surface area (Å²) in [5.41, 5.74) is 2.04. The van der Waals surface area contributed by atoms with Crippen molar-refractivity contribution in [3.8, 4) is 0 Å². The fourth-order valence-electron chi connectivity index (χ4n) is 3.86. The van der Waals surface area contributed by atoms with Crippen molar-refractivity contribution in [3.63, 3.8) is 0 Å². The van der Waals surface area contributed by atoms with Gasteiger partial charge in [-0.2, -0.15) is 10.2 Å². The Bertz CT molecular complexity index is 851. The first-order chi connectivity index (χ1) is 13.6. The van der Waals surface area contributed by atoms with E-state index in [0.29, 0.717) is 17.1 Å². The lowest BCUT2D eigenvalue weighted by Crippen LogP contribution is -2.60. The minimum absolute atomic E-state index is 0.0561. The Morgan fingerprint density at radius 1 is 1.29 bits per heavy atom. The summed E-state index contributed by atoms with van der Waals surface area (Å²) in [6.45, 7) is 1.49. The fourth-order valence-corrected chi connectivity index (χ4v) is 4.14. The summed E-state index contributed by atoms with van der Waals surface area (Å²) in [7, 11) is 0. The second-order valence-electron chi connectivity index (χ2n) is 7.05. The van der Waals surface area contributed by atoms with E-state index in [1.165, 1.54) is 17.4 Å². The predicted octanol–water partition coefficient (Wildman–Crippen LogP) is 1.39. The van der Waals surface area contributed by atoms with Crippen molar-refractivity contribution in [1.82, 2.24) is 20.2 Å². The number of halogens is 1. The van der Waals surface area contributed by atoms with Crippen molar-refractivity contribution in [3.05, 3.63) is 47.2 Å². The number of rotatable bonds is 3. The van der Waals surface area contributed by atoms with Gasteiger partial charge < -0.3 is 10.2 Å². The summed E-state index contributed by atoms with van der Waals surface area (Å²) in [6, 6.07) is 7.27. The van der Waals surface area contributed by atoms with Crippen LogP contribution in [0.25, 0.3) is 0 Å². The summed E-state index contributed by atoms with van der Waals surface area (Å²) in [5, 5.41) is 14.4. The Morgan fingerprint density at radius 2 is 2.14 bits per heavy atom. The number of fused-ring (bicyclic) bond motifs is 1. The largest absolute Gasteiger partial charge is 0.345 e. The molecular weight excluding hydrogens is 380 g/mol. The summed E-state index contributed by atoms with van der Waals surface area (Å²) in [4.78, 5) is 15.0. The molecule has 148 valence electrons. The van der Waals surface area contributed by atoms with Crippen LogP contribution in [-0.4, -0.2) is 51.5 Å². The first kappa shape index (κ1) is 18.9. The highest BCUT2D eigenvalue weighted by atomic mass is 35.5. The maximum absolute atomic E-state index is 12.9. The monoisotopic (exact) mass is 402 g/mol. The highest BCUT2D eigenvalue weighted by molar-refractivity contribution is 6.34. The number of hydrogen-bond donors (Lipinski definition) is 3. The van der Waals surface area contributed by atoms with E-state index in [0.717, 1.165) is 37.2 Å². The summed E-state index contributed by atoms with van der Waals surface area (Å²) in [6.07, 6.45) is 5.26. The third kappa shape index (κ3) is 3.49. The number of carbonyl (C=O) groups is 1. The van der Waals surface area contributed by atoms with Gasteiger partial charge >= 0.3 is 0 Å². The van der Waals surface area contributed by atoms with Crippen LogP contribution in [0.5, 0.6) is 0 Å². The number of amides is 1. The molecule has 9 nitrogen and oxygen atoms in total. The molecule has 0 aliphatic carbocycles. The van der Waals surface area contributed by atoms with Gasteiger partial charge in [-0.3, -0.25) is 10.6 Å². The molecule has 0 spiro atoms. The molecule has 0 radical (unpaired) electrons. The van der Waals surface area contributed by atoms with Crippen molar-refractivity contribution in [2.45, 2.75) is 31.6 Å². The van der Waals surface area contributed by atoms with E-state index in [4.69, 9.17) is 23.3 Å². The van der Waals surface area contributed by atoms with Crippen molar-refractivity contribution >= 4 is 28.9 Å². The van der Waals surface area contributed by atoms with Crippen molar-refractivity contribution in [2.24, 2.45) is 11.7 Å². The molecule has 10 heteroatoms. The maximum Gasteiger partial charge on any atom is 0.272 e. The highest BCUT2D eigenvalue weighted by Gasteiger charge is 2.40. The van der Waals surface area contributed by atoms with Crippen molar-refractivity contribution < 1.29 is 4.79 Å². The Kier molecular flexibility index (Phi) is 5.31. The number of aromatic nitrogens is 2. The van der Waals surface area contributed by atoms with Crippen LogP contribution < -0.4 is 21.9 Å². The maximum atomic E-state index is 12.9. The standard InChI is InChI=1S/C18H23ClN8O/c19-14-5-3-6-15-16(14)26(13-4-1-2-9-25(20)11-13)18(24-15)27(21)17(28)12-7-8-22-23-10-12/h3,5-8,10,13,18,24H,1-2,4,9,11,20-21H2/t13-,18?/m1/s1. The minimum atomic E-state index is -0.591. The van der Waals surface area contributed by atoms with E-state index < -0.39 is 6.29 Å². The third-order valence-corrected chi connectivity index (χ3v) is 5.50. The van der Waals surface area contributed by atoms with Crippen molar-refractivity contribution in [1.29, 1.82) is 0 Å². The first-order valence-corrected chi connectivity index (χ1v) is 9.62. The number of anilines is 2. The van der Waals surface area contributed by atoms with Crippen LogP contribution in [0, 0.1) is 0 Å². The van der Waals surface area contributed by atoms with Gasteiger partial charge in [0.25, 0.3) is 5.91 Å². The van der Waals surface area contributed by atoms with Gasteiger partial charge in [0.2, 0.25) is 0 Å². The first-order valence-electron chi connectivity index (χ1n) is 9.24. The smallest absolute Gasteiger partial charge is 0.272 e. The fraction of sp³-hybridized carbons (Fsp3) is 0.389. The number of para-hydroxylation sites is 1. The van der Waals surface area contributed by atoms with Gasteiger partial charge in [-0.25, -0.2) is 15.9 Å². The topological polar surface area (TPSA) is 117 Å². The Balaban J connectivity index is 1.69. The van der Waals surface area contributed by atoms with E-state index in [-0.39, 0.29) is 11.9 Å². The van der Waals surface area contributed by atoms with Gasteiger partial charge in [-0.05, 0) is 31.0 Å². The van der Waals surface area contributed by atoms with Gasteiger partial charge in [-0.15, -0.1) is 0 Å². The molecule has 1 unspecified atom stereocenters. The lowest BCUT2D eigenvalue weighted by atomic mass is 10.1. The van der Waals surface area contributed by atoms with Crippen LogP contribution in [0.1, 0.15) is 29.6 Å². The number of carbonyl (C=O) groups excluding carboxylic acids is 1.